The monoisotopic (exact) mass is 385 g/mol. The molecule has 4 rings (SSSR count). The molecule has 1 saturated carbocycles. The fourth-order valence-electron chi connectivity index (χ4n) is 5.37. The SMILES string of the molecule is CN(C)c1ncc2c(n1)C1(CCCN(CCC(=O)NC3CCCCC3)C1)CC2. The van der Waals surface area contributed by atoms with Crippen molar-refractivity contribution >= 4 is 11.9 Å². The highest BCUT2D eigenvalue weighted by atomic mass is 16.1. The Labute approximate surface area is 169 Å². The molecule has 1 aromatic heterocycles. The summed E-state index contributed by atoms with van der Waals surface area (Å²) in [6, 6.07) is 0.414. The van der Waals surface area contributed by atoms with Crippen molar-refractivity contribution in [2.24, 2.45) is 0 Å². The molecule has 1 saturated heterocycles. The van der Waals surface area contributed by atoms with Gasteiger partial charge < -0.3 is 15.1 Å². The van der Waals surface area contributed by atoms with E-state index in [9.17, 15) is 4.79 Å². The number of nitrogens with zero attached hydrogens (tertiary/aromatic N) is 4. The molecule has 28 heavy (non-hydrogen) atoms. The van der Waals surface area contributed by atoms with E-state index < -0.39 is 0 Å². The van der Waals surface area contributed by atoms with Crippen LogP contribution in [0.3, 0.4) is 0 Å². The van der Waals surface area contributed by atoms with E-state index in [1.807, 2.05) is 25.2 Å². The predicted octanol–water partition coefficient (Wildman–Crippen LogP) is 2.66. The van der Waals surface area contributed by atoms with Gasteiger partial charge in [0, 0.05) is 51.3 Å². The average molecular weight is 386 g/mol. The molecule has 3 aliphatic rings. The molecular weight excluding hydrogens is 350 g/mol. The largest absolute Gasteiger partial charge is 0.353 e. The number of aryl methyl sites for hydroxylation is 1. The predicted molar refractivity (Wildman–Crippen MR) is 112 cm³/mol. The molecule has 1 N–H and O–H groups in total. The number of carbonyl (C=O) groups is 1. The minimum atomic E-state index is 0.154. The Balaban J connectivity index is 1.36. The van der Waals surface area contributed by atoms with Crippen molar-refractivity contribution in [3.63, 3.8) is 0 Å². The minimum absolute atomic E-state index is 0.154. The summed E-state index contributed by atoms with van der Waals surface area (Å²) in [4.78, 5) is 26.4. The summed E-state index contributed by atoms with van der Waals surface area (Å²) in [5.74, 6) is 1.04. The standard InChI is InChI=1S/C22H35N5O/c1-26(2)21-23-15-17-9-12-22(20(17)25-21)11-6-13-27(16-22)14-10-19(28)24-18-7-4-3-5-8-18/h15,18H,3-14,16H2,1-2H3,(H,24,28). The first-order valence-electron chi connectivity index (χ1n) is 11.1. The van der Waals surface area contributed by atoms with Gasteiger partial charge in [-0.05, 0) is 50.6 Å². The lowest BCUT2D eigenvalue weighted by Crippen LogP contribution is -2.47. The number of amides is 1. The molecule has 1 atom stereocenters. The lowest BCUT2D eigenvalue weighted by molar-refractivity contribution is -0.122. The number of fused-ring (bicyclic) bond motifs is 2. The Kier molecular flexibility index (Phi) is 5.85. The zero-order valence-corrected chi connectivity index (χ0v) is 17.5. The second-order valence-corrected chi connectivity index (χ2v) is 9.25. The van der Waals surface area contributed by atoms with E-state index in [1.165, 1.54) is 49.8 Å². The maximum atomic E-state index is 12.4. The van der Waals surface area contributed by atoms with Crippen molar-refractivity contribution in [1.82, 2.24) is 20.2 Å². The summed E-state index contributed by atoms with van der Waals surface area (Å²) in [6.07, 6.45) is 13.4. The highest BCUT2D eigenvalue weighted by Gasteiger charge is 2.43. The van der Waals surface area contributed by atoms with Crippen molar-refractivity contribution in [3.8, 4) is 0 Å². The van der Waals surface area contributed by atoms with Crippen LogP contribution >= 0.6 is 0 Å². The van der Waals surface area contributed by atoms with E-state index in [0.717, 1.165) is 44.8 Å². The highest BCUT2D eigenvalue weighted by Crippen LogP contribution is 2.44. The molecule has 1 aromatic rings. The van der Waals surface area contributed by atoms with E-state index >= 15 is 0 Å². The highest BCUT2D eigenvalue weighted by molar-refractivity contribution is 5.76. The van der Waals surface area contributed by atoms with Crippen LogP contribution in [0.4, 0.5) is 5.95 Å². The number of piperidine rings is 1. The number of rotatable bonds is 5. The summed E-state index contributed by atoms with van der Waals surface area (Å²) in [7, 11) is 4.00. The Morgan fingerprint density at radius 3 is 2.86 bits per heavy atom. The number of nitrogens with one attached hydrogen (secondary N) is 1. The first kappa shape index (κ1) is 19.6. The van der Waals surface area contributed by atoms with Crippen molar-refractivity contribution in [2.45, 2.75) is 75.7 Å². The van der Waals surface area contributed by atoms with Gasteiger partial charge in [-0.2, -0.15) is 0 Å². The van der Waals surface area contributed by atoms with Crippen molar-refractivity contribution in [2.75, 3.05) is 38.6 Å². The minimum Gasteiger partial charge on any atom is -0.353 e. The quantitative estimate of drug-likeness (QED) is 0.844. The maximum Gasteiger partial charge on any atom is 0.225 e. The number of hydrogen-bond acceptors (Lipinski definition) is 5. The topological polar surface area (TPSA) is 61.4 Å². The van der Waals surface area contributed by atoms with Gasteiger partial charge in [0.25, 0.3) is 0 Å². The van der Waals surface area contributed by atoms with Gasteiger partial charge >= 0.3 is 0 Å². The smallest absolute Gasteiger partial charge is 0.225 e. The zero-order valence-electron chi connectivity index (χ0n) is 17.5. The van der Waals surface area contributed by atoms with Gasteiger partial charge in [-0.3, -0.25) is 4.79 Å². The number of aromatic nitrogens is 2. The molecule has 2 fully saturated rings. The van der Waals surface area contributed by atoms with E-state index in [2.05, 4.69) is 15.2 Å². The Bertz CT molecular complexity index is 696. The Morgan fingerprint density at radius 1 is 1.25 bits per heavy atom. The summed E-state index contributed by atoms with van der Waals surface area (Å²) >= 11 is 0. The van der Waals surface area contributed by atoms with E-state index in [1.54, 1.807) is 0 Å². The van der Waals surface area contributed by atoms with Crippen molar-refractivity contribution in [1.29, 1.82) is 0 Å². The molecule has 2 aliphatic carbocycles. The zero-order chi connectivity index (χ0) is 19.6. The molecule has 6 heteroatoms. The molecule has 6 nitrogen and oxygen atoms in total. The molecule has 1 amide bonds. The number of anilines is 1. The molecular formula is C22H35N5O. The van der Waals surface area contributed by atoms with Crippen LogP contribution in [0.1, 0.15) is 69.0 Å². The van der Waals surface area contributed by atoms with Gasteiger partial charge in [0.1, 0.15) is 0 Å². The van der Waals surface area contributed by atoms with Crippen LogP contribution in [0.15, 0.2) is 6.20 Å². The average Bonchev–Trinajstić information content (AvgIpc) is 3.04. The van der Waals surface area contributed by atoms with Gasteiger partial charge in [0.2, 0.25) is 11.9 Å². The van der Waals surface area contributed by atoms with E-state index in [-0.39, 0.29) is 11.3 Å². The normalized spacial score (nSPS) is 25.6. The van der Waals surface area contributed by atoms with E-state index in [0.29, 0.717) is 12.5 Å². The van der Waals surface area contributed by atoms with Gasteiger partial charge in [-0.15, -0.1) is 0 Å². The van der Waals surface area contributed by atoms with Crippen molar-refractivity contribution < 1.29 is 4.79 Å². The molecule has 1 unspecified atom stereocenters. The first-order chi connectivity index (χ1) is 13.6. The van der Waals surface area contributed by atoms with Crippen LogP contribution in [0.25, 0.3) is 0 Å². The van der Waals surface area contributed by atoms with Gasteiger partial charge in [-0.25, -0.2) is 9.97 Å². The lowest BCUT2D eigenvalue weighted by Gasteiger charge is -2.40. The molecule has 154 valence electrons. The Hall–Kier alpha value is -1.69. The summed E-state index contributed by atoms with van der Waals surface area (Å²) in [5, 5.41) is 3.26. The summed E-state index contributed by atoms with van der Waals surface area (Å²) in [6.45, 7) is 2.99. The molecule has 0 aromatic carbocycles. The maximum absolute atomic E-state index is 12.4. The van der Waals surface area contributed by atoms with Gasteiger partial charge in [0.15, 0.2) is 0 Å². The van der Waals surface area contributed by atoms with Crippen LogP contribution in [0, 0.1) is 0 Å². The first-order valence-corrected chi connectivity index (χ1v) is 11.1. The Morgan fingerprint density at radius 2 is 2.07 bits per heavy atom. The summed E-state index contributed by atoms with van der Waals surface area (Å²) < 4.78 is 0. The van der Waals surface area contributed by atoms with Gasteiger partial charge in [-0.1, -0.05) is 19.3 Å². The third-order valence-electron chi connectivity index (χ3n) is 6.91. The van der Waals surface area contributed by atoms with Crippen LogP contribution in [-0.2, 0) is 16.6 Å². The second kappa shape index (κ2) is 8.36. The molecule has 1 aliphatic heterocycles. The molecule has 2 heterocycles. The number of hydrogen-bond donors (Lipinski definition) is 1. The lowest BCUT2D eigenvalue weighted by atomic mass is 9.77. The third kappa shape index (κ3) is 4.17. The van der Waals surface area contributed by atoms with Crippen LogP contribution in [0.5, 0.6) is 0 Å². The number of likely N-dealkylation sites (tertiary alicyclic amines) is 1. The molecule has 1 spiro atoms. The van der Waals surface area contributed by atoms with Crippen LogP contribution in [-0.4, -0.2) is 60.5 Å². The fraction of sp³-hybridized carbons (Fsp3) is 0.773. The molecule has 0 bridgehead atoms. The fourth-order valence-corrected chi connectivity index (χ4v) is 5.37. The molecule has 0 radical (unpaired) electrons. The summed E-state index contributed by atoms with van der Waals surface area (Å²) in [5.41, 5.74) is 2.74. The van der Waals surface area contributed by atoms with Crippen LogP contribution in [0.2, 0.25) is 0 Å². The van der Waals surface area contributed by atoms with Crippen LogP contribution < -0.4 is 10.2 Å². The number of carbonyl (C=O) groups excluding carboxylic acids is 1. The van der Waals surface area contributed by atoms with Crippen molar-refractivity contribution in [3.05, 3.63) is 17.5 Å². The third-order valence-corrected chi connectivity index (χ3v) is 6.91. The second-order valence-electron chi connectivity index (χ2n) is 9.25. The van der Waals surface area contributed by atoms with E-state index in [4.69, 9.17) is 4.98 Å². The van der Waals surface area contributed by atoms with Gasteiger partial charge in [0.05, 0.1) is 5.69 Å².